The van der Waals surface area contributed by atoms with E-state index in [0.717, 1.165) is 4.88 Å². The van der Waals surface area contributed by atoms with Crippen LogP contribution in [0.3, 0.4) is 0 Å². The van der Waals surface area contributed by atoms with Gasteiger partial charge in [0, 0.05) is 6.20 Å². The van der Waals surface area contributed by atoms with Crippen LogP contribution in [0.1, 0.15) is 4.88 Å². The molecule has 0 aliphatic carbocycles. The van der Waals surface area contributed by atoms with E-state index in [9.17, 15) is 0 Å². The molecule has 2 aromatic heterocycles. The Morgan fingerprint density at radius 2 is 2.21 bits per heavy atom. The molecule has 68 valence electrons. The lowest BCUT2D eigenvalue weighted by atomic mass is 10.4. The lowest BCUT2D eigenvalue weighted by molar-refractivity contribution is 1.19. The Balaban J connectivity index is 2.45. The summed E-state index contributed by atoms with van der Waals surface area (Å²) in [6.45, 7) is 0. The lowest BCUT2D eigenvalue weighted by Gasteiger charge is -1.95. The number of nitrogens with zero attached hydrogens (tertiary/aromatic N) is 3. The van der Waals surface area contributed by atoms with Crippen LogP contribution in [0.25, 0.3) is 10.7 Å². The van der Waals surface area contributed by atoms with E-state index in [1.165, 1.54) is 11.3 Å². The summed E-state index contributed by atoms with van der Waals surface area (Å²) < 4.78 is 0. The van der Waals surface area contributed by atoms with Crippen LogP contribution in [0.15, 0.2) is 24.4 Å². The third-order valence-corrected chi connectivity index (χ3v) is 2.60. The van der Waals surface area contributed by atoms with Crippen LogP contribution in [0, 0.1) is 11.3 Å². The molecule has 0 aliphatic heterocycles. The SMILES string of the molecule is N#Cc1ccc(-c2nccc(N)n2)s1. The van der Waals surface area contributed by atoms with E-state index in [4.69, 9.17) is 11.0 Å². The fourth-order valence-corrected chi connectivity index (χ4v) is 1.75. The van der Waals surface area contributed by atoms with Crippen LogP contribution < -0.4 is 5.73 Å². The smallest absolute Gasteiger partial charge is 0.171 e. The van der Waals surface area contributed by atoms with Crippen molar-refractivity contribution in [2.45, 2.75) is 0 Å². The maximum absolute atomic E-state index is 8.65. The van der Waals surface area contributed by atoms with Gasteiger partial charge in [0.05, 0.1) is 4.88 Å². The summed E-state index contributed by atoms with van der Waals surface area (Å²) in [6, 6.07) is 7.25. The van der Waals surface area contributed by atoms with Gasteiger partial charge in [0.15, 0.2) is 5.82 Å². The third-order valence-electron chi connectivity index (χ3n) is 1.61. The van der Waals surface area contributed by atoms with Gasteiger partial charge in [-0.25, -0.2) is 9.97 Å². The predicted octanol–water partition coefficient (Wildman–Crippen LogP) is 1.66. The zero-order valence-electron chi connectivity index (χ0n) is 7.14. The number of aromatic nitrogens is 2. The van der Waals surface area contributed by atoms with Gasteiger partial charge in [-0.3, -0.25) is 0 Å². The number of rotatable bonds is 1. The molecule has 2 rings (SSSR count). The molecule has 2 N–H and O–H groups in total. The van der Waals surface area contributed by atoms with Gasteiger partial charge in [-0.05, 0) is 18.2 Å². The third kappa shape index (κ3) is 1.56. The van der Waals surface area contributed by atoms with Gasteiger partial charge >= 0.3 is 0 Å². The molecule has 0 saturated carbocycles. The number of nitriles is 1. The first-order valence-electron chi connectivity index (χ1n) is 3.88. The second kappa shape index (κ2) is 3.44. The van der Waals surface area contributed by atoms with Crippen molar-refractivity contribution < 1.29 is 0 Å². The van der Waals surface area contributed by atoms with Crippen LogP contribution >= 0.6 is 11.3 Å². The van der Waals surface area contributed by atoms with E-state index in [1.807, 2.05) is 6.07 Å². The van der Waals surface area contributed by atoms with Crippen molar-refractivity contribution in [3.63, 3.8) is 0 Å². The largest absolute Gasteiger partial charge is 0.384 e. The molecule has 0 saturated heterocycles. The average molecular weight is 202 g/mol. The van der Waals surface area contributed by atoms with Gasteiger partial charge in [0.1, 0.15) is 16.8 Å². The second-order valence-corrected chi connectivity index (χ2v) is 3.66. The molecule has 0 aromatic carbocycles. The Morgan fingerprint density at radius 1 is 1.36 bits per heavy atom. The average Bonchev–Trinajstić information content (AvgIpc) is 2.66. The van der Waals surface area contributed by atoms with Crippen LogP contribution in [0.5, 0.6) is 0 Å². The van der Waals surface area contributed by atoms with E-state index >= 15 is 0 Å². The Bertz CT molecular complexity index is 498. The zero-order valence-corrected chi connectivity index (χ0v) is 7.95. The van der Waals surface area contributed by atoms with Gasteiger partial charge in [0.25, 0.3) is 0 Å². The van der Waals surface area contributed by atoms with Crippen molar-refractivity contribution >= 4 is 17.2 Å². The summed E-state index contributed by atoms with van der Waals surface area (Å²) in [5.41, 5.74) is 5.52. The fraction of sp³-hybridized carbons (Fsp3) is 0. The number of hydrogen-bond donors (Lipinski definition) is 1. The summed E-state index contributed by atoms with van der Waals surface area (Å²) in [6.07, 6.45) is 1.60. The Labute approximate surface area is 84.7 Å². The van der Waals surface area contributed by atoms with Crippen LogP contribution in [-0.4, -0.2) is 9.97 Å². The molecule has 0 spiro atoms. The summed E-state index contributed by atoms with van der Waals surface area (Å²) in [4.78, 5) is 9.63. The molecule has 0 bridgehead atoms. The van der Waals surface area contributed by atoms with Crippen molar-refractivity contribution in [2.75, 3.05) is 5.73 Å². The number of thiophene rings is 1. The van der Waals surface area contributed by atoms with Crippen LogP contribution in [-0.2, 0) is 0 Å². The standard InChI is InChI=1S/C9H6N4S/c10-5-6-1-2-7(14-6)9-12-4-3-8(11)13-9/h1-4H,(H2,11,12,13). The molecular weight excluding hydrogens is 196 g/mol. The van der Waals surface area contributed by atoms with E-state index in [2.05, 4.69) is 16.0 Å². The molecule has 2 heterocycles. The summed E-state index contributed by atoms with van der Waals surface area (Å²) in [5, 5.41) is 8.65. The monoisotopic (exact) mass is 202 g/mol. The van der Waals surface area contributed by atoms with Gasteiger partial charge < -0.3 is 5.73 Å². The molecular formula is C9H6N4S. The van der Waals surface area contributed by atoms with Crippen molar-refractivity contribution in [3.05, 3.63) is 29.3 Å². The summed E-state index contributed by atoms with van der Waals surface area (Å²) in [5.74, 6) is 0.999. The van der Waals surface area contributed by atoms with Gasteiger partial charge in [0.2, 0.25) is 0 Å². The summed E-state index contributed by atoms with van der Waals surface area (Å²) >= 11 is 1.35. The van der Waals surface area contributed by atoms with Gasteiger partial charge in [-0.1, -0.05) is 0 Å². The maximum Gasteiger partial charge on any atom is 0.171 e. The topological polar surface area (TPSA) is 75.6 Å². The minimum atomic E-state index is 0.432. The lowest BCUT2D eigenvalue weighted by Crippen LogP contribution is -1.92. The molecule has 4 nitrogen and oxygen atoms in total. The second-order valence-electron chi connectivity index (χ2n) is 2.58. The van der Waals surface area contributed by atoms with E-state index in [-0.39, 0.29) is 0 Å². The van der Waals surface area contributed by atoms with Crippen molar-refractivity contribution in [1.82, 2.24) is 9.97 Å². The first-order valence-corrected chi connectivity index (χ1v) is 4.70. The van der Waals surface area contributed by atoms with Crippen LogP contribution in [0.4, 0.5) is 5.82 Å². The number of hydrogen-bond acceptors (Lipinski definition) is 5. The maximum atomic E-state index is 8.65. The minimum Gasteiger partial charge on any atom is -0.384 e. The first kappa shape index (κ1) is 8.66. The molecule has 0 amide bonds. The Kier molecular flexibility index (Phi) is 2.13. The molecule has 14 heavy (non-hydrogen) atoms. The van der Waals surface area contributed by atoms with E-state index in [0.29, 0.717) is 16.5 Å². The Morgan fingerprint density at radius 3 is 2.86 bits per heavy atom. The Hall–Kier alpha value is -1.93. The quantitative estimate of drug-likeness (QED) is 0.763. The first-order chi connectivity index (χ1) is 6.79. The number of anilines is 1. The molecule has 0 aliphatic rings. The summed E-state index contributed by atoms with van der Waals surface area (Å²) in [7, 11) is 0. The fourth-order valence-electron chi connectivity index (χ4n) is 1.01. The van der Waals surface area contributed by atoms with Crippen molar-refractivity contribution in [1.29, 1.82) is 5.26 Å². The molecule has 2 aromatic rings. The molecule has 5 heteroatoms. The van der Waals surface area contributed by atoms with Gasteiger partial charge in [-0.15, -0.1) is 11.3 Å². The van der Waals surface area contributed by atoms with Crippen LogP contribution in [0.2, 0.25) is 0 Å². The van der Waals surface area contributed by atoms with E-state index in [1.54, 1.807) is 18.3 Å². The molecule has 0 atom stereocenters. The predicted molar refractivity (Wildman–Crippen MR) is 54.5 cm³/mol. The molecule has 0 radical (unpaired) electrons. The number of nitrogen functional groups attached to an aromatic ring is 1. The highest BCUT2D eigenvalue weighted by Gasteiger charge is 2.04. The van der Waals surface area contributed by atoms with Crippen molar-refractivity contribution in [3.8, 4) is 16.8 Å². The van der Waals surface area contributed by atoms with Gasteiger partial charge in [-0.2, -0.15) is 5.26 Å². The van der Waals surface area contributed by atoms with Crippen molar-refractivity contribution in [2.24, 2.45) is 0 Å². The zero-order chi connectivity index (χ0) is 9.97. The molecule has 0 unspecified atom stereocenters. The minimum absolute atomic E-state index is 0.432. The highest BCUT2D eigenvalue weighted by atomic mass is 32.1. The number of nitrogens with two attached hydrogens (primary N) is 1. The molecule has 0 fully saturated rings. The highest BCUT2D eigenvalue weighted by molar-refractivity contribution is 7.15. The normalized spacial score (nSPS) is 9.64. The van der Waals surface area contributed by atoms with E-state index < -0.39 is 0 Å². The highest BCUT2D eigenvalue weighted by Crippen LogP contribution is 2.24.